The number of anilines is 2. The summed E-state index contributed by atoms with van der Waals surface area (Å²) in [6.45, 7) is 6.24. The molecule has 4 heteroatoms. The minimum atomic E-state index is 0.581. The molecule has 20 heavy (non-hydrogen) atoms. The molecule has 0 aliphatic carbocycles. The molecule has 0 heterocycles. The topological polar surface area (TPSA) is 24.1 Å². The highest BCUT2D eigenvalue weighted by atomic mass is 79.9. The second kappa shape index (κ2) is 6.37. The first-order valence-electron chi connectivity index (χ1n) is 6.37. The van der Waals surface area contributed by atoms with Gasteiger partial charge in [-0.15, -0.1) is 0 Å². The van der Waals surface area contributed by atoms with Crippen molar-refractivity contribution < 1.29 is 0 Å². The average Bonchev–Trinajstić information content (AvgIpc) is 2.37. The Bertz CT molecular complexity index is 653. The van der Waals surface area contributed by atoms with Gasteiger partial charge >= 0.3 is 0 Å². The molecule has 2 nitrogen and oxygen atoms in total. The Labute approximate surface area is 133 Å². The van der Waals surface area contributed by atoms with Gasteiger partial charge in [0.2, 0.25) is 0 Å². The number of aryl methyl sites for hydroxylation is 3. The van der Waals surface area contributed by atoms with E-state index in [2.05, 4.69) is 65.5 Å². The van der Waals surface area contributed by atoms with E-state index in [4.69, 9.17) is 12.2 Å². The summed E-state index contributed by atoms with van der Waals surface area (Å²) < 4.78 is 1.00. The fourth-order valence-corrected chi connectivity index (χ4v) is 2.65. The highest BCUT2D eigenvalue weighted by molar-refractivity contribution is 9.10. The highest BCUT2D eigenvalue weighted by Crippen LogP contribution is 2.23. The van der Waals surface area contributed by atoms with Crippen LogP contribution in [0.3, 0.4) is 0 Å². The largest absolute Gasteiger partial charge is 0.332 e. The van der Waals surface area contributed by atoms with Crippen molar-refractivity contribution in [2.45, 2.75) is 20.8 Å². The SMILES string of the molecule is Cc1ccc(NC(=S)Nc2ccc(C)c(C)c2)c(Br)c1. The normalized spacial score (nSPS) is 10.2. The van der Waals surface area contributed by atoms with Crippen molar-refractivity contribution in [3.8, 4) is 0 Å². The Morgan fingerprint density at radius 1 is 0.950 bits per heavy atom. The summed E-state index contributed by atoms with van der Waals surface area (Å²) >= 11 is 8.88. The van der Waals surface area contributed by atoms with Gasteiger partial charge in [0, 0.05) is 10.2 Å². The van der Waals surface area contributed by atoms with Crippen LogP contribution in [-0.2, 0) is 0 Å². The summed E-state index contributed by atoms with van der Waals surface area (Å²) in [7, 11) is 0. The van der Waals surface area contributed by atoms with Crippen LogP contribution in [0.1, 0.15) is 16.7 Å². The lowest BCUT2D eigenvalue weighted by atomic mass is 10.1. The number of halogens is 1. The zero-order chi connectivity index (χ0) is 14.7. The standard InChI is InChI=1S/C16H17BrN2S/c1-10-4-7-15(14(17)8-10)19-16(20)18-13-6-5-11(2)12(3)9-13/h4-9H,1-3H3,(H2,18,19,20). The van der Waals surface area contributed by atoms with Crippen LogP contribution in [0.4, 0.5) is 11.4 Å². The number of nitrogens with one attached hydrogen (secondary N) is 2. The predicted octanol–water partition coefficient (Wildman–Crippen LogP) is 5.18. The Morgan fingerprint density at radius 3 is 2.35 bits per heavy atom. The molecule has 104 valence electrons. The van der Waals surface area contributed by atoms with Crippen LogP contribution in [0.5, 0.6) is 0 Å². The number of rotatable bonds is 2. The molecule has 0 aliphatic rings. The van der Waals surface area contributed by atoms with Crippen LogP contribution in [0.25, 0.3) is 0 Å². The summed E-state index contributed by atoms with van der Waals surface area (Å²) in [5.74, 6) is 0. The molecule has 0 aliphatic heterocycles. The van der Waals surface area contributed by atoms with E-state index in [1.54, 1.807) is 0 Å². The molecule has 0 saturated carbocycles. The molecule has 0 unspecified atom stereocenters. The monoisotopic (exact) mass is 348 g/mol. The molecular weight excluding hydrogens is 332 g/mol. The third-order valence-electron chi connectivity index (χ3n) is 3.14. The third kappa shape index (κ3) is 3.81. The van der Waals surface area contributed by atoms with Crippen molar-refractivity contribution >= 4 is 44.6 Å². The lowest BCUT2D eigenvalue weighted by Gasteiger charge is -2.13. The molecule has 0 amide bonds. The van der Waals surface area contributed by atoms with Crippen LogP contribution in [0.15, 0.2) is 40.9 Å². The van der Waals surface area contributed by atoms with Crippen molar-refractivity contribution in [2.75, 3.05) is 10.6 Å². The van der Waals surface area contributed by atoms with E-state index in [1.807, 2.05) is 18.2 Å². The fourth-order valence-electron chi connectivity index (χ4n) is 1.83. The first-order chi connectivity index (χ1) is 9.45. The van der Waals surface area contributed by atoms with Gasteiger partial charge in [0.1, 0.15) is 0 Å². The summed E-state index contributed by atoms with van der Waals surface area (Å²) in [6.07, 6.45) is 0. The molecule has 2 aromatic rings. The van der Waals surface area contributed by atoms with E-state index in [9.17, 15) is 0 Å². The van der Waals surface area contributed by atoms with Crippen LogP contribution in [0.2, 0.25) is 0 Å². The molecule has 2 N–H and O–H groups in total. The molecule has 0 spiro atoms. The van der Waals surface area contributed by atoms with Crippen molar-refractivity contribution in [3.63, 3.8) is 0 Å². The lowest BCUT2D eigenvalue weighted by Crippen LogP contribution is -2.19. The summed E-state index contributed by atoms with van der Waals surface area (Å²) in [4.78, 5) is 0. The van der Waals surface area contributed by atoms with Gasteiger partial charge in [0.05, 0.1) is 5.69 Å². The minimum Gasteiger partial charge on any atom is -0.332 e. The molecular formula is C16H17BrN2S. The van der Waals surface area contributed by atoms with Crippen LogP contribution in [-0.4, -0.2) is 5.11 Å². The lowest BCUT2D eigenvalue weighted by molar-refractivity contribution is 1.34. The van der Waals surface area contributed by atoms with Gasteiger partial charge < -0.3 is 10.6 Å². The molecule has 0 saturated heterocycles. The van der Waals surface area contributed by atoms with Crippen molar-refractivity contribution in [3.05, 3.63) is 57.6 Å². The molecule has 0 radical (unpaired) electrons. The quantitative estimate of drug-likeness (QED) is 0.730. The van der Waals surface area contributed by atoms with Crippen molar-refractivity contribution in [1.82, 2.24) is 0 Å². The zero-order valence-corrected chi connectivity index (χ0v) is 14.2. The van der Waals surface area contributed by atoms with Gasteiger partial charge in [-0.25, -0.2) is 0 Å². The van der Waals surface area contributed by atoms with E-state index in [0.29, 0.717) is 5.11 Å². The summed E-state index contributed by atoms with van der Waals surface area (Å²) in [6, 6.07) is 12.3. The molecule has 2 aromatic carbocycles. The van der Waals surface area contributed by atoms with Gasteiger partial charge in [0.15, 0.2) is 5.11 Å². The number of hydrogen-bond acceptors (Lipinski definition) is 1. The number of benzene rings is 2. The van der Waals surface area contributed by atoms with Gasteiger partial charge in [-0.3, -0.25) is 0 Å². The minimum absolute atomic E-state index is 0.581. The van der Waals surface area contributed by atoms with E-state index < -0.39 is 0 Å². The molecule has 0 atom stereocenters. The summed E-state index contributed by atoms with van der Waals surface area (Å²) in [5.41, 5.74) is 5.67. The van der Waals surface area contributed by atoms with E-state index in [0.717, 1.165) is 15.8 Å². The van der Waals surface area contributed by atoms with E-state index in [-0.39, 0.29) is 0 Å². The zero-order valence-electron chi connectivity index (χ0n) is 11.8. The summed E-state index contributed by atoms with van der Waals surface area (Å²) in [5, 5.41) is 6.97. The molecule has 0 fully saturated rings. The maximum absolute atomic E-state index is 5.34. The number of hydrogen-bond donors (Lipinski definition) is 2. The van der Waals surface area contributed by atoms with Gasteiger partial charge in [-0.1, -0.05) is 12.1 Å². The second-order valence-corrected chi connectivity index (χ2v) is 6.12. The third-order valence-corrected chi connectivity index (χ3v) is 4.00. The Hall–Kier alpha value is -1.39. The van der Waals surface area contributed by atoms with Gasteiger partial charge in [0.25, 0.3) is 0 Å². The van der Waals surface area contributed by atoms with Crippen LogP contribution in [0, 0.1) is 20.8 Å². The maximum atomic E-state index is 5.34. The van der Waals surface area contributed by atoms with E-state index >= 15 is 0 Å². The Kier molecular flexibility index (Phi) is 4.78. The van der Waals surface area contributed by atoms with Crippen molar-refractivity contribution in [2.24, 2.45) is 0 Å². The van der Waals surface area contributed by atoms with E-state index in [1.165, 1.54) is 16.7 Å². The molecule has 2 rings (SSSR count). The Morgan fingerprint density at radius 2 is 1.70 bits per heavy atom. The average molecular weight is 349 g/mol. The van der Waals surface area contributed by atoms with Crippen LogP contribution < -0.4 is 10.6 Å². The maximum Gasteiger partial charge on any atom is 0.175 e. The van der Waals surface area contributed by atoms with Crippen molar-refractivity contribution in [1.29, 1.82) is 0 Å². The highest BCUT2D eigenvalue weighted by Gasteiger charge is 2.03. The predicted molar refractivity (Wildman–Crippen MR) is 94.6 cm³/mol. The first kappa shape index (κ1) is 15.0. The number of thiocarbonyl (C=S) groups is 1. The fraction of sp³-hybridized carbons (Fsp3) is 0.188. The Balaban J connectivity index is 2.07. The first-order valence-corrected chi connectivity index (χ1v) is 7.57. The smallest absolute Gasteiger partial charge is 0.175 e. The van der Waals surface area contributed by atoms with Gasteiger partial charge in [-0.2, -0.15) is 0 Å². The second-order valence-electron chi connectivity index (χ2n) is 4.86. The molecule has 0 aromatic heterocycles. The molecule has 0 bridgehead atoms. The van der Waals surface area contributed by atoms with Crippen LogP contribution >= 0.6 is 28.1 Å². The van der Waals surface area contributed by atoms with Gasteiger partial charge in [-0.05, 0) is 89.9 Å².